The number of para-hydroxylation sites is 1. The summed E-state index contributed by atoms with van der Waals surface area (Å²) in [4.78, 5) is 30.3. The van der Waals surface area contributed by atoms with Gasteiger partial charge in [-0.15, -0.1) is 11.8 Å². The number of carbonyl (C=O) groups excluding carboxylic acids is 1. The van der Waals surface area contributed by atoms with E-state index in [1.165, 1.54) is 22.4 Å². The molecule has 1 aromatic heterocycles. The summed E-state index contributed by atoms with van der Waals surface area (Å²) in [5, 5.41) is 3.43. The van der Waals surface area contributed by atoms with Crippen molar-refractivity contribution in [2.24, 2.45) is 0 Å². The predicted octanol–water partition coefficient (Wildman–Crippen LogP) is 3.20. The molecule has 7 heteroatoms. The van der Waals surface area contributed by atoms with Gasteiger partial charge in [-0.25, -0.2) is 9.37 Å². The molecule has 1 unspecified atom stereocenters. The first-order chi connectivity index (χ1) is 13.0. The Bertz CT molecular complexity index is 1100. The second-order valence-electron chi connectivity index (χ2n) is 6.48. The maximum absolute atomic E-state index is 14.0. The summed E-state index contributed by atoms with van der Waals surface area (Å²) < 4.78 is 15.4. The van der Waals surface area contributed by atoms with Crippen LogP contribution in [0.2, 0.25) is 0 Å². The molecule has 2 heterocycles. The summed E-state index contributed by atoms with van der Waals surface area (Å²) >= 11 is 1.46. The van der Waals surface area contributed by atoms with E-state index in [9.17, 15) is 14.0 Å². The first-order valence-corrected chi connectivity index (χ1v) is 9.70. The number of nitrogens with one attached hydrogen (secondary N) is 1. The van der Waals surface area contributed by atoms with E-state index in [1.807, 2.05) is 12.1 Å². The third-order valence-corrected chi connectivity index (χ3v) is 5.87. The predicted molar refractivity (Wildman–Crippen MR) is 103 cm³/mol. The molecule has 1 aliphatic heterocycles. The minimum atomic E-state index is -0.288. The Labute approximate surface area is 159 Å². The molecule has 138 valence electrons. The first-order valence-electron chi connectivity index (χ1n) is 8.71. The van der Waals surface area contributed by atoms with Crippen molar-refractivity contribution < 1.29 is 9.18 Å². The molecular formula is C20H18FN3O2S. The van der Waals surface area contributed by atoms with Crippen molar-refractivity contribution in [1.82, 2.24) is 14.9 Å². The van der Waals surface area contributed by atoms with E-state index in [0.717, 1.165) is 17.7 Å². The number of carbonyl (C=O) groups is 1. The van der Waals surface area contributed by atoms with Crippen LogP contribution < -0.4 is 10.9 Å². The zero-order chi connectivity index (χ0) is 19.0. The molecule has 3 aromatic rings. The van der Waals surface area contributed by atoms with Crippen LogP contribution in [0.1, 0.15) is 23.9 Å². The van der Waals surface area contributed by atoms with E-state index >= 15 is 0 Å². The Morgan fingerprint density at radius 1 is 1.30 bits per heavy atom. The highest BCUT2D eigenvalue weighted by Crippen LogP contribution is 2.37. The molecule has 0 bridgehead atoms. The van der Waals surface area contributed by atoms with Gasteiger partial charge in [0.2, 0.25) is 5.91 Å². The zero-order valence-electron chi connectivity index (χ0n) is 14.7. The lowest BCUT2D eigenvalue weighted by Crippen LogP contribution is -2.37. The number of fused-ring (bicyclic) bond motifs is 2. The SMILES string of the molecule is Cc1nc2ccccc2c(=O)n1CC(=O)NC1CCSc2c(F)cccc21. The van der Waals surface area contributed by atoms with Gasteiger partial charge in [0.1, 0.15) is 18.2 Å². The zero-order valence-corrected chi connectivity index (χ0v) is 15.6. The van der Waals surface area contributed by atoms with Crippen LogP contribution in [0.3, 0.4) is 0 Å². The molecule has 0 aliphatic carbocycles. The molecule has 4 rings (SSSR count). The molecule has 1 aliphatic rings. The van der Waals surface area contributed by atoms with Crippen molar-refractivity contribution in [2.45, 2.75) is 30.8 Å². The summed E-state index contributed by atoms with van der Waals surface area (Å²) in [6, 6.07) is 11.7. The molecule has 2 aromatic carbocycles. The van der Waals surface area contributed by atoms with Crippen molar-refractivity contribution in [2.75, 3.05) is 5.75 Å². The van der Waals surface area contributed by atoms with Gasteiger partial charge in [0.25, 0.3) is 5.56 Å². The molecule has 1 atom stereocenters. The highest BCUT2D eigenvalue weighted by atomic mass is 32.2. The molecule has 0 saturated carbocycles. The van der Waals surface area contributed by atoms with Crippen molar-refractivity contribution in [3.63, 3.8) is 0 Å². The van der Waals surface area contributed by atoms with Gasteiger partial charge in [-0.1, -0.05) is 24.3 Å². The summed E-state index contributed by atoms with van der Waals surface area (Å²) in [5.41, 5.74) is 1.17. The molecule has 27 heavy (non-hydrogen) atoms. The highest BCUT2D eigenvalue weighted by Gasteiger charge is 2.24. The summed E-state index contributed by atoms with van der Waals surface area (Å²) in [6.07, 6.45) is 0.719. The average molecular weight is 383 g/mol. The smallest absolute Gasteiger partial charge is 0.261 e. The summed E-state index contributed by atoms with van der Waals surface area (Å²) in [7, 11) is 0. The molecule has 1 amide bonds. The maximum atomic E-state index is 14.0. The van der Waals surface area contributed by atoms with Crippen LogP contribution in [-0.4, -0.2) is 21.2 Å². The molecule has 0 fully saturated rings. The van der Waals surface area contributed by atoms with Crippen LogP contribution >= 0.6 is 11.8 Å². The van der Waals surface area contributed by atoms with E-state index < -0.39 is 0 Å². The number of nitrogens with zero attached hydrogens (tertiary/aromatic N) is 2. The molecule has 5 nitrogen and oxygen atoms in total. The Balaban J connectivity index is 1.59. The highest BCUT2D eigenvalue weighted by molar-refractivity contribution is 7.99. The van der Waals surface area contributed by atoms with Crippen molar-refractivity contribution >= 4 is 28.6 Å². The van der Waals surface area contributed by atoms with Crippen molar-refractivity contribution in [3.8, 4) is 0 Å². The van der Waals surface area contributed by atoms with E-state index in [2.05, 4.69) is 10.3 Å². The van der Waals surface area contributed by atoms with Gasteiger partial charge >= 0.3 is 0 Å². The van der Waals surface area contributed by atoms with Crippen LogP contribution in [0.4, 0.5) is 4.39 Å². The van der Waals surface area contributed by atoms with Crippen LogP contribution in [-0.2, 0) is 11.3 Å². The van der Waals surface area contributed by atoms with Gasteiger partial charge in [-0.05, 0) is 37.1 Å². The molecule has 0 saturated heterocycles. The van der Waals surface area contributed by atoms with Gasteiger partial charge < -0.3 is 5.32 Å². The summed E-state index contributed by atoms with van der Waals surface area (Å²) in [6.45, 7) is 1.60. The van der Waals surface area contributed by atoms with Gasteiger partial charge in [-0.2, -0.15) is 0 Å². The standard InChI is InChI=1S/C20H18FN3O2S/c1-12-22-16-8-3-2-5-14(16)20(26)24(12)11-18(25)23-17-9-10-27-19-13(17)6-4-7-15(19)21/h2-8,17H,9-11H2,1H3,(H,23,25). The quantitative estimate of drug-likeness (QED) is 0.754. The van der Waals surface area contributed by atoms with Crippen LogP contribution in [0.25, 0.3) is 10.9 Å². The van der Waals surface area contributed by atoms with Gasteiger partial charge in [0.15, 0.2) is 0 Å². The lowest BCUT2D eigenvalue weighted by Gasteiger charge is -2.26. The van der Waals surface area contributed by atoms with Crippen LogP contribution in [0.5, 0.6) is 0 Å². The van der Waals surface area contributed by atoms with E-state index in [0.29, 0.717) is 21.6 Å². The average Bonchev–Trinajstić information content (AvgIpc) is 2.66. The number of hydrogen-bond acceptors (Lipinski definition) is 4. The fourth-order valence-electron chi connectivity index (χ4n) is 3.39. The lowest BCUT2D eigenvalue weighted by molar-refractivity contribution is -0.122. The van der Waals surface area contributed by atoms with Gasteiger partial charge in [-0.3, -0.25) is 14.2 Å². The number of aryl methyl sites for hydroxylation is 1. The Morgan fingerprint density at radius 3 is 2.96 bits per heavy atom. The number of amides is 1. The Hall–Kier alpha value is -2.67. The maximum Gasteiger partial charge on any atom is 0.261 e. The number of aromatic nitrogens is 2. The normalized spacial score (nSPS) is 16.1. The lowest BCUT2D eigenvalue weighted by atomic mass is 10.0. The number of halogens is 1. The van der Waals surface area contributed by atoms with Gasteiger partial charge in [0.05, 0.1) is 16.9 Å². The second-order valence-corrected chi connectivity index (χ2v) is 7.59. The third-order valence-electron chi connectivity index (χ3n) is 4.72. The molecule has 0 radical (unpaired) electrons. The van der Waals surface area contributed by atoms with Gasteiger partial charge in [0, 0.05) is 10.6 Å². The fourth-order valence-corrected chi connectivity index (χ4v) is 4.53. The van der Waals surface area contributed by atoms with E-state index in [4.69, 9.17) is 0 Å². The Kier molecular flexibility index (Phi) is 4.70. The minimum Gasteiger partial charge on any atom is -0.348 e. The van der Waals surface area contributed by atoms with Crippen LogP contribution in [0, 0.1) is 12.7 Å². The molecule has 1 N–H and O–H groups in total. The minimum absolute atomic E-state index is 0.114. The number of hydrogen-bond donors (Lipinski definition) is 1. The number of benzene rings is 2. The molecule has 0 spiro atoms. The first kappa shape index (κ1) is 17.7. The monoisotopic (exact) mass is 383 g/mol. The number of thioether (sulfide) groups is 1. The van der Waals surface area contributed by atoms with Crippen molar-refractivity contribution in [3.05, 3.63) is 70.0 Å². The van der Waals surface area contributed by atoms with Crippen molar-refractivity contribution in [1.29, 1.82) is 0 Å². The topological polar surface area (TPSA) is 64.0 Å². The Morgan fingerprint density at radius 2 is 2.11 bits per heavy atom. The third kappa shape index (κ3) is 3.35. The summed E-state index contributed by atoms with van der Waals surface area (Å²) in [5.74, 6) is 0.668. The van der Waals surface area contributed by atoms with E-state index in [1.54, 1.807) is 31.2 Å². The molecular weight excluding hydrogens is 365 g/mol. The fraction of sp³-hybridized carbons (Fsp3) is 0.250. The largest absolute Gasteiger partial charge is 0.348 e. The van der Waals surface area contributed by atoms with E-state index in [-0.39, 0.29) is 29.9 Å². The van der Waals surface area contributed by atoms with Crippen LogP contribution in [0.15, 0.2) is 52.2 Å². The number of rotatable bonds is 3. The second kappa shape index (κ2) is 7.15.